The Bertz CT molecular complexity index is 805. The highest BCUT2D eigenvalue weighted by Crippen LogP contribution is 2.63. The molecule has 0 saturated heterocycles. The number of hydrazine groups is 1. The average molecular weight is 456 g/mol. The Balaban J connectivity index is 1.36. The summed E-state index contributed by atoms with van der Waals surface area (Å²) in [6.07, 6.45) is 14.8. The number of rotatable bonds is 4. The third-order valence-electron chi connectivity index (χ3n) is 10.9. The van der Waals surface area contributed by atoms with Gasteiger partial charge in [-0.2, -0.15) is 5.26 Å². The second-order valence-electron chi connectivity index (χ2n) is 12.6. The summed E-state index contributed by atoms with van der Waals surface area (Å²) in [4.78, 5) is 0. The van der Waals surface area contributed by atoms with Crippen LogP contribution in [-0.4, -0.2) is 51.1 Å². The molecule has 5 rings (SSSR count). The molecule has 0 aromatic heterocycles. The standard InChI is InChI=1S/C28H45N3O2/c1-4-28(33)13-11-22-21(14-28)8-9-24-23(22)10-12-27(3)25(24)6-5-7-26(27)31-18-20(15-29)17-30(31)16-19(2)32/h17,19,21-26,32-33H,4-14,16,18H2,1-3H3/t19-,21-,22-,23+,24+,25-,26-,27-,28+/m0/s1. The van der Waals surface area contributed by atoms with Crippen LogP contribution >= 0.6 is 0 Å². The van der Waals surface area contributed by atoms with Gasteiger partial charge in [-0.15, -0.1) is 0 Å². The van der Waals surface area contributed by atoms with E-state index < -0.39 is 11.7 Å². The first-order chi connectivity index (χ1) is 15.8. The van der Waals surface area contributed by atoms with E-state index in [1.165, 1.54) is 51.4 Å². The van der Waals surface area contributed by atoms with Crippen molar-refractivity contribution in [3.05, 3.63) is 11.8 Å². The van der Waals surface area contributed by atoms with E-state index in [-0.39, 0.29) is 5.41 Å². The van der Waals surface area contributed by atoms with E-state index in [2.05, 4.69) is 29.9 Å². The number of fused-ring (bicyclic) bond motifs is 5. The van der Waals surface area contributed by atoms with E-state index in [1.807, 2.05) is 13.1 Å². The lowest BCUT2D eigenvalue weighted by atomic mass is 9.45. The van der Waals surface area contributed by atoms with Gasteiger partial charge in [0, 0.05) is 12.2 Å². The lowest BCUT2D eigenvalue weighted by Gasteiger charge is -2.62. The fourth-order valence-electron chi connectivity index (χ4n) is 9.28. The molecule has 1 aliphatic heterocycles. The number of nitriles is 1. The molecule has 184 valence electrons. The molecule has 0 spiro atoms. The Hall–Kier alpha value is -1.09. The Morgan fingerprint density at radius 2 is 1.91 bits per heavy atom. The first-order valence-electron chi connectivity index (χ1n) is 13.8. The van der Waals surface area contributed by atoms with Gasteiger partial charge in [-0.05, 0) is 106 Å². The van der Waals surface area contributed by atoms with Crippen LogP contribution in [0.3, 0.4) is 0 Å². The minimum Gasteiger partial charge on any atom is -0.392 e. The second kappa shape index (κ2) is 8.85. The van der Waals surface area contributed by atoms with Crippen molar-refractivity contribution in [1.29, 1.82) is 5.26 Å². The van der Waals surface area contributed by atoms with Crippen molar-refractivity contribution in [2.24, 2.45) is 35.0 Å². The zero-order chi connectivity index (χ0) is 23.4. The molecule has 2 N–H and O–H groups in total. The normalized spacial score (nSPS) is 46.5. The van der Waals surface area contributed by atoms with Crippen LogP contribution in [0, 0.1) is 46.3 Å². The van der Waals surface area contributed by atoms with Crippen molar-refractivity contribution >= 4 is 0 Å². The molecule has 0 bridgehead atoms. The van der Waals surface area contributed by atoms with E-state index in [0.29, 0.717) is 19.1 Å². The molecule has 4 fully saturated rings. The van der Waals surface area contributed by atoms with Crippen LogP contribution < -0.4 is 0 Å². The quantitative estimate of drug-likeness (QED) is 0.633. The summed E-state index contributed by atoms with van der Waals surface area (Å²) in [5, 5.41) is 35.3. The van der Waals surface area contributed by atoms with E-state index in [9.17, 15) is 15.5 Å². The summed E-state index contributed by atoms with van der Waals surface area (Å²) in [6.45, 7) is 7.83. The maximum absolute atomic E-state index is 11.0. The van der Waals surface area contributed by atoms with Crippen LogP contribution in [0.4, 0.5) is 0 Å². The lowest BCUT2D eigenvalue weighted by molar-refractivity contribution is -0.160. The van der Waals surface area contributed by atoms with Crippen LogP contribution in [0.1, 0.15) is 91.4 Å². The number of aliphatic hydroxyl groups excluding tert-OH is 1. The molecule has 0 amide bonds. The van der Waals surface area contributed by atoms with Crippen molar-refractivity contribution in [1.82, 2.24) is 10.0 Å². The van der Waals surface area contributed by atoms with Crippen LogP contribution in [0.5, 0.6) is 0 Å². The molecule has 5 aliphatic rings. The Labute approximate surface area is 200 Å². The maximum atomic E-state index is 11.0. The summed E-state index contributed by atoms with van der Waals surface area (Å²) in [6, 6.07) is 2.84. The Morgan fingerprint density at radius 1 is 1.12 bits per heavy atom. The number of β-amino-alcohol motifs (C(OH)–C–C–N with tert-alkyl or cyclic N) is 1. The molecule has 9 atom stereocenters. The van der Waals surface area contributed by atoms with Gasteiger partial charge >= 0.3 is 0 Å². The molecular weight excluding hydrogens is 410 g/mol. The van der Waals surface area contributed by atoms with Gasteiger partial charge in [0.15, 0.2) is 0 Å². The molecular formula is C28H45N3O2. The highest BCUT2D eigenvalue weighted by Gasteiger charge is 2.58. The van der Waals surface area contributed by atoms with Crippen LogP contribution in [0.15, 0.2) is 11.8 Å². The van der Waals surface area contributed by atoms with Gasteiger partial charge < -0.3 is 15.2 Å². The molecule has 5 nitrogen and oxygen atoms in total. The van der Waals surface area contributed by atoms with E-state index in [1.54, 1.807) is 0 Å². The van der Waals surface area contributed by atoms with Crippen molar-refractivity contribution in [2.75, 3.05) is 13.1 Å². The number of hydrogen-bond acceptors (Lipinski definition) is 5. The molecule has 1 heterocycles. The van der Waals surface area contributed by atoms with Gasteiger partial charge in [0.1, 0.15) is 0 Å². The van der Waals surface area contributed by atoms with Gasteiger partial charge in [-0.1, -0.05) is 20.3 Å². The predicted molar refractivity (Wildman–Crippen MR) is 130 cm³/mol. The van der Waals surface area contributed by atoms with Crippen molar-refractivity contribution < 1.29 is 10.2 Å². The fraction of sp³-hybridized carbons (Fsp3) is 0.893. The molecule has 4 saturated carbocycles. The van der Waals surface area contributed by atoms with Crippen molar-refractivity contribution in [2.45, 2.75) is 109 Å². The minimum atomic E-state index is -0.409. The third kappa shape index (κ3) is 4.05. The smallest absolute Gasteiger partial charge is 0.0977 e. The zero-order valence-electron chi connectivity index (χ0n) is 21.0. The van der Waals surface area contributed by atoms with E-state index in [4.69, 9.17) is 0 Å². The van der Waals surface area contributed by atoms with Crippen molar-refractivity contribution in [3.8, 4) is 6.07 Å². The molecule has 4 aliphatic carbocycles. The molecule has 0 unspecified atom stereocenters. The van der Waals surface area contributed by atoms with Gasteiger partial charge in [0.2, 0.25) is 0 Å². The largest absolute Gasteiger partial charge is 0.392 e. The van der Waals surface area contributed by atoms with E-state index >= 15 is 0 Å². The first-order valence-corrected chi connectivity index (χ1v) is 13.8. The molecule has 33 heavy (non-hydrogen) atoms. The summed E-state index contributed by atoms with van der Waals surface area (Å²) < 4.78 is 0. The van der Waals surface area contributed by atoms with Crippen molar-refractivity contribution in [3.63, 3.8) is 0 Å². The minimum absolute atomic E-state index is 0.279. The van der Waals surface area contributed by atoms with Gasteiger partial charge in [0.05, 0.1) is 36.4 Å². The fourth-order valence-corrected chi connectivity index (χ4v) is 9.28. The summed E-state index contributed by atoms with van der Waals surface area (Å²) in [7, 11) is 0. The average Bonchev–Trinajstić information content (AvgIpc) is 3.19. The summed E-state index contributed by atoms with van der Waals surface area (Å²) in [5.41, 5.74) is 0.698. The zero-order valence-corrected chi connectivity index (χ0v) is 21.0. The second-order valence-corrected chi connectivity index (χ2v) is 12.6. The number of hydrogen-bond donors (Lipinski definition) is 2. The Kier molecular flexibility index (Phi) is 6.34. The lowest BCUT2D eigenvalue weighted by Crippen LogP contribution is -2.61. The maximum Gasteiger partial charge on any atom is 0.0977 e. The molecule has 0 aromatic rings. The highest BCUT2D eigenvalue weighted by molar-refractivity contribution is 5.26. The highest BCUT2D eigenvalue weighted by atomic mass is 16.3. The SMILES string of the molecule is CC[C@@]1(O)CC[C@H]2[C@@H](CC[C@@H]3[C@@H]2CC[C@]2(C)[C@@H](N4CC(C#N)=CN4C[C@H](C)O)CCC[C@@H]32)C1. The first kappa shape index (κ1) is 23.6. The van der Waals surface area contributed by atoms with Crippen LogP contribution in [-0.2, 0) is 0 Å². The number of aliphatic hydroxyl groups is 2. The monoisotopic (exact) mass is 455 g/mol. The summed E-state index contributed by atoms with van der Waals surface area (Å²) in [5.74, 6) is 4.00. The number of nitrogens with zero attached hydrogens (tertiary/aromatic N) is 3. The molecule has 5 heteroatoms. The Morgan fingerprint density at radius 3 is 2.64 bits per heavy atom. The van der Waals surface area contributed by atoms with Gasteiger partial charge in [-0.25, -0.2) is 5.01 Å². The third-order valence-corrected chi connectivity index (χ3v) is 10.9. The van der Waals surface area contributed by atoms with Crippen LogP contribution in [0.2, 0.25) is 0 Å². The molecule has 0 radical (unpaired) electrons. The van der Waals surface area contributed by atoms with Crippen LogP contribution in [0.25, 0.3) is 0 Å². The van der Waals surface area contributed by atoms with Gasteiger partial charge in [0.25, 0.3) is 0 Å². The van der Waals surface area contributed by atoms with E-state index in [0.717, 1.165) is 54.4 Å². The summed E-state index contributed by atoms with van der Waals surface area (Å²) >= 11 is 0. The van der Waals surface area contributed by atoms with Gasteiger partial charge in [-0.3, -0.25) is 0 Å². The topological polar surface area (TPSA) is 70.7 Å². The predicted octanol–water partition coefficient (Wildman–Crippen LogP) is 4.86. The molecule has 0 aromatic carbocycles.